The van der Waals surface area contributed by atoms with Crippen molar-refractivity contribution in [3.63, 3.8) is 0 Å². The normalized spacial score (nSPS) is 30.5. The standard InChI is InChI=1S/C47H80N6O18/c1-42(2,3)65-37(55)48-24-26-19-20-27(49-38(56)66-43(4,5)6)35(61-26)63-32-28(50-39(57)67-44(7,8)9)23-29(51-40(58)68-45(10,11)12)33(31(32)54)64-36-34(52-41(59)69-46(13,14)15)70-53-30(62-36)25-60-47(71-53)21-17-16-18-22-47/h19-20,26-36,54H,16-18,21-25H2,1-15H3,(H,48,55)(H,49,56)(H,50,57)(H,51,58)(H,52,59). The molecule has 11 atom stereocenters. The Bertz CT molecular complexity index is 1870. The summed E-state index contributed by atoms with van der Waals surface area (Å²) in [7, 11) is 0. The molecule has 3 heterocycles. The quantitative estimate of drug-likeness (QED) is 0.118. The van der Waals surface area contributed by atoms with Crippen molar-refractivity contribution in [2.45, 2.75) is 244 Å². The van der Waals surface area contributed by atoms with Crippen molar-refractivity contribution in [2.75, 3.05) is 13.2 Å². The molecule has 4 fully saturated rings. The molecule has 0 aromatic heterocycles. The lowest BCUT2D eigenvalue weighted by Crippen LogP contribution is -2.70. The average molecular weight is 1020 g/mol. The van der Waals surface area contributed by atoms with Crippen LogP contribution in [0, 0.1) is 0 Å². The van der Waals surface area contributed by atoms with Crippen molar-refractivity contribution in [2.24, 2.45) is 0 Å². The number of nitrogens with one attached hydrogen (secondary N) is 5. The molecule has 2 saturated carbocycles. The molecule has 5 rings (SSSR count). The second-order valence-electron chi connectivity index (χ2n) is 23.2. The van der Waals surface area contributed by atoms with Gasteiger partial charge in [0.2, 0.25) is 12.5 Å². The van der Waals surface area contributed by atoms with Gasteiger partial charge in [-0.1, -0.05) is 18.6 Å². The summed E-state index contributed by atoms with van der Waals surface area (Å²) in [6, 6.07) is -3.49. The van der Waals surface area contributed by atoms with Crippen molar-refractivity contribution < 1.29 is 86.1 Å². The Labute approximate surface area is 416 Å². The van der Waals surface area contributed by atoms with Gasteiger partial charge in [-0.3, -0.25) is 5.32 Å². The number of rotatable bonds is 10. The van der Waals surface area contributed by atoms with E-state index in [2.05, 4.69) is 26.6 Å². The van der Waals surface area contributed by atoms with Gasteiger partial charge in [-0.2, -0.15) is 0 Å². The molecule has 5 aliphatic rings. The number of hydroxylamine groups is 2. The van der Waals surface area contributed by atoms with Gasteiger partial charge in [0.1, 0.15) is 52.4 Å². The molecule has 24 heteroatoms. The molecule has 0 aromatic carbocycles. The second-order valence-corrected chi connectivity index (χ2v) is 23.2. The van der Waals surface area contributed by atoms with E-state index in [1.165, 1.54) is 0 Å². The highest BCUT2D eigenvalue weighted by atomic mass is 17.0. The van der Waals surface area contributed by atoms with E-state index in [0.717, 1.165) is 24.5 Å². The molecule has 3 aliphatic heterocycles. The van der Waals surface area contributed by atoms with Crippen LogP contribution in [0.2, 0.25) is 0 Å². The lowest BCUT2D eigenvalue weighted by molar-refractivity contribution is -0.577. The van der Waals surface area contributed by atoms with Crippen LogP contribution in [0.3, 0.4) is 0 Å². The van der Waals surface area contributed by atoms with Gasteiger partial charge in [0.05, 0.1) is 31.3 Å². The number of alkyl carbamates (subject to hydrolysis) is 5. The van der Waals surface area contributed by atoms with Crippen LogP contribution in [0.1, 0.15) is 142 Å². The van der Waals surface area contributed by atoms with E-state index in [4.69, 9.17) is 57.0 Å². The van der Waals surface area contributed by atoms with Crippen molar-refractivity contribution >= 4 is 30.5 Å². The minimum atomic E-state index is -1.83. The molecule has 0 aromatic rings. The fraction of sp³-hybridized carbons (Fsp3) is 0.851. The molecule has 24 nitrogen and oxygen atoms in total. The molecular weight excluding hydrogens is 937 g/mol. The first kappa shape index (κ1) is 57.6. The van der Waals surface area contributed by atoms with Gasteiger partial charge in [0.15, 0.2) is 18.3 Å². The predicted octanol–water partition coefficient (Wildman–Crippen LogP) is 5.40. The van der Waals surface area contributed by atoms with E-state index in [9.17, 15) is 29.1 Å². The minimum absolute atomic E-state index is 0.0397. The summed E-state index contributed by atoms with van der Waals surface area (Å²) in [5.41, 5.74) is -4.55. The van der Waals surface area contributed by atoms with Crippen LogP contribution in [-0.2, 0) is 57.0 Å². The van der Waals surface area contributed by atoms with Gasteiger partial charge >= 0.3 is 30.5 Å². The maximum absolute atomic E-state index is 13.6. The predicted molar refractivity (Wildman–Crippen MR) is 249 cm³/mol. The Morgan fingerprint density at radius 2 is 1.07 bits per heavy atom. The topological polar surface area (TPSA) is 280 Å². The molecule has 0 bridgehead atoms. The van der Waals surface area contributed by atoms with E-state index in [1.54, 1.807) is 116 Å². The lowest BCUT2D eigenvalue weighted by Gasteiger charge is -2.51. The molecule has 1 spiro atoms. The zero-order chi connectivity index (χ0) is 52.9. The Morgan fingerprint density at radius 1 is 0.606 bits per heavy atom. The number of hydrogen-bond acceptors (Lipinski definition) is 19. The maximum Gasteiger partial charge on any atom is 0.409 e. The Hall–Kier alpha value is -4.27. The van der Waals surface area contributed by atoms with E-state index in [0.29, 0.717) is 12.8 Å². The largest absolute Gasteiger partial charge is 0.444 e. The van der Waals surface area contributed by atoms with Gasteiger partial charge in [-0.05, 0) is 128 Å². The van der Waals surface area contributed by atoms with Gasteiger partial charge in [0, 0.05) is 12.8 Å². The molecule has 6 N–H and O–H groups in total. The number of aliphatic hydroxyl groups excluding tert-OH is 1. The summed E-state index contributed by atoms with van der Waals surface area (Å²) in [5, 5.41) is 27.5. The lowest BCUT2D eigenvalue weighted by atomic mass is 9.83. The number of carbonyl (C=O) groups is 5. The first-order chi connectivity index (χ1) is 32.6. The van der Waals surface area contributed by atoms with Crippen LogP contribution < -0.4 is 26.6 Å². The smallest absolute Gasteiger partial charge is 0.409 e. The number of carbonyl (C=O) groups excluding carboxylic acids is 5. The Morgan fingerprint density at radius 3 is 1.58 bits per heavy atom. The molecule has 5 amide bonds. The second kappa shape index (κ2) is 22.9. The van der Waals surface area contributed by atoms with E-state index >= 15 is 0 Å². The summed E-state index contributed by atoms with van der Waals surface area (Å²) in [6.07, 6.45) is -8.73. The number of hydrogen-bond donors (Lipinski definition) is 6. The van der Waals surface area contributed by atoms with Crippen LogP contribution in [0.25, 0.3) is 0 Å². The van der Waals surface area contributed by atoms with Crippen molar-refractivity contribution in [1.82, 2.24) is 31.8 Å². The van der Waals surface area contributed by atoms with Crippen LogP contribution >= 0.6 is 0 Å². The van der Waals surface area contributed by atoms with Crippen LogP contribution in [0.5, 0.6) is 0 Å². The monoisotopic (exact) mass is 1020 g/mol. The SMILES string of the molecule is CC(C)(C)OC(=O)NCC1C=CC(NC(=O)OC(C)(C)C)C(OC2C(NC(=O)OC(C)(C)C)CC(NC(=O)OC(C)(C)C)C(OC3OC4COC5(CCCCC5)ON4OC3NC(=O)OC(C)(C)C)C2O)O1. The molecule has 71 heavy (non-hydrogen) atoms. The zero-order valence-corrected chi connectivity index (χ0v) is 44.0. The van der Waals surface area contributed by atoms with E-state index in [1.807, 2.05) is 0 Å². The number of nitrogens with zero attached hydrogens (tertiary/aromatic N) is 1. The molecule has 11 unspecified atom stereocenters. The maximum atomic E-state index is 13.6. The van der Waals surface area contributed by atoms with Crippen molar-refractivity contribution in [1.29, 1.82) is 0 Å². The fourth-order valence-corrected chi connectivity index (χ4v) is 8.04. The zero-order valence-electron chi connectivity index (χ0n) is 44.0. The number of aliphatic hydroxyl groups is 1. The van der Waals surface area contributed by atoms with E-state index < -0.39 is 132 Å². The Balaban J connectivity index is 1.53. The molecular formula is C47H80N6O18. The molecule has 2 saturated heterocycles. The number of fused-ring (bicyclic) bond motifs is 1. The number of ether oxygens (including phenoxy) is 10. The number of amides is 5. The first-order valence-corrected chi connectivity index (χ1v) is 24.4. The van der Waals surface area contributed by atoms with E-state index in [-0.39, 0.29) is 19.6 Å². The summed E-state index contributed by atoms with van der Waals surface area (Å²) < 4.78 is 60.1. The van der Waals surface area contributed by atoms with Crippen LogP contribution in [0.4, 0.5) is 24.0 Å². The summed E-state index contributed by atoms with van der Waals surface area (Å²) >= 11 is 0. The minimum Gasteiger partial charge on any atom is -0.444 e. The van der Waals surface area contributed by atoms with Gasteiger partial charge in [-0.25, -0.2) is 33.6 Å². The van der Waals surface area contributed by atoms with Crippen LogP contribution in [0.15, 0.2) is 12.2 Å². The highest BCUT2D eigenvalue weighted by molar-refractivity contribution is 5.70. The molecule has 2 aliphatic carbocycles. The van der Waals surface area contributed by atoms with Crippen LogP contribution in [-0.4, -0.2) is 155 Å². The Kier molecular flexibility index (Phi) is 18.6. The molecule has 406 valence electrons. The third kappa shape index (κ3) is 18.6. The van der Waals surface area contributed by atoms with Gasteiger partial charge < -0.3 is 73.7 Å². The third-order valence-corrected chi connectivity index (χ3v) is 10.6. The molecule has 0 radical (unpaired) electrons. The third-order valence-electron chi connectivity index (χ3n) is 10.6. The highest BCUT2D eigenvalue weighted by Crippen LogP contribution is 2.40. The van der Waals surface area contributed by atoms with Gasteiger partial charge in [-0.15, -0.1) is 0 Å². The van der Waals surface area contributed by atoms with Gasteiger partial charge in [0.25, 0.3) is 0 Å². The first-order valence-electron chi connectivity index (χ1n) is 24.4. The van der Waals surface area contributed by atoms with Crippen molar-refractivity contribution in [3.8, 4) is 0 Å². The van der Waals surface area contributed by atoms with Crippen molar-refractivity contribution in [3.05, 3.63) is 12.2 Å². The average Bonchev–Trinajstić information content (AvgIpc) is 3.17. The summed E-state index contributed by atoms with van der Waals surface area (Å²) in [5.74, 6) is -0.984. The summed E-state index contributed by atoms with van der Waals surface area (Å²) in [4.78, 5) is 79.1. The highest BCUT2D eigenvalue weighted by Gasteiger charge is 2.55. The fourth-order valence-electron chi connectivity index (χ4n) is 8.04. The summed E-state index contributed by atoms with van der Waals surface area (Å²) in [6.45, 7) is 25.1.